The van der Waals surface area contributed by atoms with Crippen molar-refractivity contribution >= 4 is 12.4 Å². The van der Waals surface area contributed by atoms with E-state index in [1.165, 1.54) is 12.6 Å². The monoisotopic (exact) mass is 360 g/mol. The van der Waals surface area contributed by atoms with Crippen molar-refractivity contribution in [1.82, 2.24) is 20.1 Å². The predicted octanol–water partition coefficient (Wildman–Crippen LogP) is 2.78. The first-order valence-corrected chi connectivity index (χ1v) is 8.58. The zero-order valence-electron chi connectivity index (χ0n) is 14.5. The van der Waals surface area contributed by atoms with E-state index in [1.54, 1.807) is 19.1 Å². The zero-order chi connectivity index (χ0) is 18.7. The third kappa shape index (κ3) is 3.44. The summed E-state index contributed by atoms with van der Waals surface area (Å²) < 4.78 is 13.9. The molecule has 7 nitrogen and oxygen atoms in total. The largest absolute Gasteiger partial charge is 0.483 e. The number of carboxylic acid groups (broad SMARTS) is 1. The quantitative estimate of drug-likeness (QED) is 0.802. The number of aromatic nitrogens is 3. The second-order valence-corrected chi connectivity index (χ2v) is 6.72. The van der Waals surface area contributed by atoms with Gasteiger partial charge in [0.2, 0.25) is 0 Å². The topological polar surface area (TPSA) is 99.2 Å². The first-order valence-electron chi connectivity index (χ1n) is 8.58. The third-order valence-electron chi connectivity index (χ3n) is 5.00. The fourth-order valence-electron chi connectivity index (χ4n) is 3.53. The van der Waals surface area contributed by atoms with E-state index < -0.39 is 5.82 Å². The average Bonchev–Trinajstić information content (AvgIpc) is 3.21. The minimum atomic E-state index is -0.433. The van der Waals surface area contributed by atoms with E-state index in [-0.39, 0.29) is 17.9 Å². The van der Waals surface area contributed by atoms with E-state index in [0.29, 0.717) is 22.6 Å². The number of likely N-dealkylation sites (tertiary alicyclic amines) is 1. The van der Waals surface area contributed by atoms with Gasteiger partial charge < -0.3 is 10.0 Å². The number of nitrogens with one attached hydrogen (secondary N) is 1. The Morgan fingerprint density at radius 2 is 2.08 bits per heavy atom. The lowest BCUT2D eigenvalue weighted by atomic mass is 9.99. The molecule has 8 heteroatoms. The molecule has 0 atom stereocenters. The Labute approximate surface area is 150 Å². The molecule has 2 fully saturated rings. The summed E-state index contributed by atoms with van der Waals surface area (Å²) >= 11 is 0. The summed E-state index contributed by atoms with van der Waals surface area (Å²) in [5, 5.41) is 13.8. The Bertz CT molecular complexity index is 817. The summed E-state index contributed by atoms with van der Waals surface area (Å²) in [5.41, 5.74) is 2.04. The second-order valence-electron chi connectivity index (χ2n) is 6.72. The van der Waals surface area contributed by atoms with Crippen molar-refractivity contribution in [2.75, 3.05) is 6.54 Å². The molecule has 0 bridgehead atoms. The lowest BCUT2D eigenvalue weighted by Crippen LogP contribution is -2.45. The highest BCUT2D eigenvalue weighted by molar-refractivity contribution is 5.94. The number of pyridine rings is 1. The summed E-state index contributed by atoms with van der Waals surface area (Å²) in [6, 6.07) is 3.29. The van der Waals surface area contributed by atoms with E-state index in [2.05, 4.69) is 15.2 Å². The zero-order valence-corrected chi connectivity index (χ0v) is 14.5. The van der Waals surface area contributed by atoms with Crippen molar-refractivity contribution in [2.45, 2.75) is 44.6 Å². The highest BCUT2D eigenvalue weighted by Gasteiger charge is 2.51. The Morgan fingerprint density at radius 1 is 1.35 bits per heavy atom. The van der Waals surface area contributed by atoms with Gasteiger partial charge in [-0.3, -0.25) is 19.7 Å². The smallest absolute Gasteiger partial charge is 0.290 e. The minimum Gasteiger partial charge on any atom is -0.483 e. The minimum absolute atomic E-state index is 0.0212. The fourth-order valence-corrected chi connectivity index (χ4v) is 3.53. The number of carbonyl (C=O) groups excluding carboxylic acids is 1. The molecule has 2 aromatic heterocycles. The van der Waals surface area contributed by atoms with Crippen LogP contribution in [0.5, 0.6) is 0 Å². The van der Waals surface area contributed by atoms with E-state index >= 15 is 0 Å². The Balaban J connectivity index is 0.000000613. The van der Waals surface area contributed by atoms with Crippen LogP contribution in [0.25, 0.3) is 11.3 Å². The van der Waals surface area contributed by atoms with Crippen molar-refractivity contribution in [1.29, 1.82) is 0 Å². The molecule has 2 aliphatic rings. The molecule has 26 heavy (non-hydrogen) atoms. The molecule has 1 saturated heterocycles. The van der Waals surface area contributed by atoms with Crippen LogP contribution >= 0.6 is 0 Å². The predicted molar refractivity (Wildman–Crippen MR) is 92.1 cm³/mol. The maximum absolute atomic E-state index is 13.9. The van der Waals surface area contributed by atoms with Crippen LogP contribution in [0, 0.1) is 12.7 Å². The molecule has 0 unspecified atom stereocenters. The van der Waals surface area contributed by atoms with Crippen molar-refractivity contribution < 1.29 is 19.1 Å². The van der Waals surface area contributed by atoms with Crippen LogP contribution in [0.1, 0.15) is 48.3 Å². The number of halogens is 1. The van der Waals surface area contributed by atoms with Crippen LogP contribution in [-0.2, 0) is 4.79 Å². The molecule has 1 aliphatic carbocycles. The van der Waals surface area contributed by atoms with Crippen molar-refractivity contribution in [2.24, 2.45) is 0 Å². The number of nitrogens with zero attached hydrogens (tertiary/aromatic N) is 3. The number of aromatic amines is 1. The van der Waals surface area contributed by atoms with Gasteiger partial charge in [0.1, 0.15) is 5.69 Å². The molecule has 1 spiro atoms. The molecular formula is C18H21FN4O3. The normalized spacial score (nSPS) is 17.4. The van der Waals surface area contributed by atoms with Crippen LogP contribution < -0.4 is 0 Å². The van der Waals surface area contributed by atoms with Crippen molar-refractivity contribution in [3.63, 3.8) is 0 Å². The Kier molecular flexibility index (Phi) is 5.01. The molecule has 2 N–H and O–H groups in total. The van der Waals surface area contributed by atoms with Crippen LogP contribution in [0.2, 0.25) is 0 Å². The lowest BCUT2D eigenvalue weighted by Gasteiger charge is -2.35. The number of rotatable bonds is 2. The van der Waals surface area contributed by atoms with Gasteiger partial charge in [-0.1, -0.05) is 0 Å². The first kappa shape index (κ1) is 18.0. The van der Waals surface area contributed by atoms with Gasteiger partial charge >= 0.3 is 0 Å². The fraction of sp³-hybridized carbons (Fsp3) is 0.444. The summed E-state index contributed by atoms with van der Waals surface area (Å²) in [6.45, 7) is 2.35. The number of hydrogen-bond donors (Lipinski definition) is 2. The van der Waals surface area contributed by atoms with Gasteiger partial charge in [0.25, 0.3) is 12.4 Å². The summed E-state index contributed by atoms with van der Waals surface area (Å²) in [5.74, 6) is -0.454. The molecule has 0 aromatic carbocycles. The van der Waals surface area contributed by atoms with Crippen LogP contribution in [0.4, 0.5) is 4.39 Å². The van der Waals surface area contributed by atoms with E-state index in [9.17, 15) is 9.18 Å². The molecule has 1 saturated carbocycles. The average molecular weight is 360 g/mol. The highest BCUT2D eigenvalue weighted by Crippen LogP contribution is 2.48. The van der Waals surface area contributed by atoms with Gasteiger partial charge in [0.15, 0.2) is 5.82 Å². The van der Waals surface area contributed by atoms with Crippen molar-refractivity contribution in [3.05, 3.63) is 35.5 Å². The highest BCUT2D eigenvalue weighted by atomic mass is 19.1. The van der Waals surface area contributed by atoms with Crippen LogP contribution in [0.15, 0.2) is 18.3 Å². The number of amides is 1. The van der Waals surface area contributed by atoms with Crippen molar-refractivity contribution in [3.8, 4) is 11.3 Å². The van der Waals surface area contributed by atoms with Gasteiger partial charge in [-0.25, -0.2) is 4.39 Å². The number of hydrogen-bond acceptors (Lipinski definition) is 4. The van der Waals surface area contributed by atoms with Crippen LogP contribution in [-0.4, -0.2) is 49.7 Å². The first-order chi connectivity index (χ1) is 12.5. The van der Waals surface area contributed by atoms with Gasteiger partial charge in [-0.15, -0.1) is 0 Å². The molecule has 4 rings (SSSR count). The summed E-state index contributed by atoms with van der Waals surface area (Å²) in [7, 11) is 0. The second kappa shape index (κ2) is 7.23. The number of piperidine rings is 1. The number of aryl methyl sites for hydroxylation is 1. The maximum atomic E-state index is 13.9. The lowest BCUT2D eigenvalue weighted by molar-refractivity contribution is -0.122. The van der Waals surface area contributed by atoms with Gasteiger partial charge in [0.05, 0.1) is 11.9 Å². The molecule has 3 heterocycles. The number of H-pyrrole nitrogens is 1. The molecule has 138 valence electrons. The molecular weight excluding hydrogens is 339 g/mol. The third-order valence-corrected chi connectivity index (χ3v) is 5.00. The molecule has 1 amide bonds. The Morgan fingerprint density at radius 3 is 2.77 bits per heavy atom. The molecule has 1 aliphatic heterocycles. The summed E-state index contributed by atoms with van der Waals surface area (Å²) in [6.07, 6.45) is 6.71. The van der Waals surface area contributed by atoms with E-state index in [1.807, 2.05) is 4.90 Å². The molecule has 2 aromatic rings. The Hall–Kier alpha value is -2.77. The van der Waals surface area contributed by atoms with Crippen LogP contribution in [0.3, 0.4) is 0 Å². The van der Waals surface area contributed by atoms with E-state index in [0.717, 1.165) is 32.2 Å². The van der Waals surface area contributed by atoms with E-state index in [4.69, 9.17) is 9.90 Å². The standard InChI is InChI=1S/C17H19FN4O.CH2O2/c1-11-8-12(13(18)10-19-11)14-9-15(21-20-14)16(23)22-7-3-2-4-17(22)5-6-17;2-1-3/h8-10H,2-7H2,1H3,(H,20,21);1H,(H,2,3). The number of carbonyl (C=O) groups is 2. The maximum Gasteiger partial charge on any atom is 0.290 e. The SMILES string of the molecule is Cc1cc(-c2cc(C(=O)N3CCCCC34CC4)[nH]n2)c(F)cn1.O=CO. The molecule has 0 radical (unpaired) electrons. The van der Waals surface area contributed by atoms with Gasteiger partial charge in [-0.05, 0) is 51.2 Å². The summed E-state index contributed by atoms with van der Waals surface area (Å²) in [4.78, 5) is 27.1. The van der Waals surface area contributed by atoms with Gasteiger partial charge in [0, 0.05) is 23.3 Å². The van der Waals surface area contributed by atoms with Gasteiger partial charge in [-0.2, -0.15) is 5.10 Å².